The van der Waals surface area contributed by atoms with Crippen LogP contribution in [0.3, 0.4) is 0 Å². The predicted octanol–water partition coefficient (Wildman–Crippen LogP) is 4.60. The van der Waals surface area contributed by atoms with Gasteiger partial charge in [-0.05, 0) is 41.3 Å². The van der Waals surface area contributed by atoms with Gasteiger partial charge in [-0.2, -0.15) is 5.26 Å². The number of hydrogen-bond acceptors (Lipinski definition) is 5. The zero-order valence-electron chi connectivity index (χ0n) is 16.5. The van der Waals surface area contributed by atoms with E-state index in [9.17, 15) is 9.65 Å². The van der Waals surface area contributed by atoms with Crippen LogP contribution in [-0.2, 0) is 0 Å². The summed E-state index contributed by atoms with van der Waals surface area (Å²) in [6, 6.07) is 19.9. The van der Waals surface area contributed by atoms with E-state index >= 15 is 0 Å². The van der Waals surface area contributed by atoms with E-state index in [0.29, 0.717) is 17.1 Å². The number of benzene rings is 3. The van der Waals surface area contributed by atoms with Crippen molar-refractivity contribution in [1.82, 2.24) is 10.2 Å². The summed E-state index contributed by atoms with van der Waals surface area (Å²) in [6.45, 7) is 0. The van der Waals surface area contributed by atoms with Crippen LogP contribution in [0.25, 0.3) is 22.0 Å². The van der Waals surface area contributed by atoms with Gasteiger partial charge in [0.15, 0.2) is 0 Å². The van der Waals surface area contributed by atoms with Crippen molar-refractivity contribution in [3.63, 3.8) is 0 Å². The molecule has 1 aliphatic rings. The van der Waals surface area contributed by atoms with Crippen molar-refractivity contribution in [2.45, 2.75) is 5.92 Å². The third-order valence-corrected chi connectivity index (χ3v) is 5.52. The maximum Gasteiger partial charge on any atom is 0.244 e. The molecule has 0 radical (unpaired) electrons. The average molecular weight is 412 g/mol. The first-order chi connectivity index (χ1) is 15.1. The zero-order valence-corrected chi connectivity index (χ0v) is 16.5. The Morgan fingerprint density at radius 3 is 2.55 bits per heavy atom. The molecule has 31 heavy (non-hydrogen) atoms. The van der Waals surface area contributed by atoms with Crippen LogP contribution in [0, 0.1) is 17.1 Å². The molecule has 0 amide bonds. The van der Waals surface area contributed by atoms with E-state index in [2.05, 4.69) is 16.3 Å². The molecule has 1 aromatic heterocycles. The summed E-state index contributed by atoms with van der Waals surface area (Å²) < 4.78 is 24.7. The number of nitrogens with zero attached hydrogens (tertiary/aromatic N) is 2. The molecule has 0 fully saturated rings. The van der Waals surface area contributed by atoms with Crippen molar-refractivity contribution in [3.05, 3.63) is 89.1 Å². The smallest absolute Gasteiger partial charge is 0.244 e. The van der Waals surface area contributed by atoms with Gasteiger partial charge in [-0.1, -0.05) is 30.3 Å². The monoisotopic (exact) mass is 412 g/mol. The molecule has 1 unspecified atom stereocenters. The second-order valence-corrected chi connectivity index (χ2v) is 7.15. The Hall–Kier alpha value is -4.31. The minimum atomic E-state index is -0.525. The van der Waals surface area contributed by atoms with Crippen molar-refractivity contribution in [2.24, 2.45) is 5.73 Å². The van der Waals surface area contributed by atoms with E-state index in [1.807, 2.05) is 36.4 Å². The van der Waals surface area contributed by atoms with Crippen molar-refractivity contribution < 1.29 is 13.9 Å². The first kappa shape index (κ1) is 18.7. The molecule has 0 spiro atoms. The van der Waals surface area contributed by atoms with Crippen LogP contribution in [0.1, 0.15) is 17.0 Å². The quantitative estimate of drug-likeness (QED) is 0.513. The van der Waals surface area contributed by atoms with Crippen LogP contribution in [0.15, 0.2) is 72.1 Å². The van der Waals surface area contributed by atoms with Gasteiger partial charge < -0.3 is 15.2 Å². The van der Waals surface area contributed by atoms with Gasteiger partial charge in [-0.25, -0.2) is 4.39 Å². The fourth-order valence-corrected chi connectivity index (χ4v) is 4.12. The lowest BCUT2D eigenvalue weighted by atomic mass is 9.81. The number of fused-ring (bicyclic) bond motifs is 2. The lowest BCUT2D eigenvalue weighted by molar-refractivity contribution is 0.379. The first-order valence-corrected chi connectivity index (χ1v) is 9.59. The summed E-state index contributed by atoms with van der Waals surface area (Å²) in [5.41, 5.74) is 9.29. The Bertz CT molecular complexity index is 1380. The van der Waals surface area contributed by atoms with E-state index in [1.165, 1.54) is 12.1 Å². The number of nitriles is 1. The van der Waals surface area contributed by atoms with Gasteiger partial charge >= 0.3 is 0 Å². The summed E-state index contributed by atoms with van der Waals surface area (Å²) in [7, 11) is 1.62. The molecule has 5 rings (SSSR count). The molecule has 0 aliphatic carbocycles. The molecule has 7 heteroatoms. The minimum absolute atomic E-state index is 0.0112. The SMILES string of the molecule is COc1ccc(C2C(C#N)=C(N)Oc3n[nH]c(-c4ccc(F)cc4)c32)c2ccccc12. The van der Waals surface area contributed by atoms with E-state index < -0.39 is 5.92 Å². The molecule has 6 nitrogen and oxygen atoms in total. The number of aromatic nitrogens is 2. The van der Waals surface area contributed by atoms with Gasteiger partial charge in [0.25, 0.3) is 0 Å². The Balaban J connectivity index is 1.81. The Labute approximate surface area is 177 Å². The number of methoxy groups -OCH3 is 1. The fraction of sp³-hybridized carbons (Fsp3) is 0.0833. The van der Waals surface area contributed by atoms with E-state index in [0.717, 1.165) is 27.6 Å². The third kappa shape index (κ3) is 2.89. The predicted molar refractivity (Wildman–Crippen MR) is 114 cm³/mol. The molecule has 1 aliphatic heterocycles. The highest BCUT2D eigenvalue weighted by molar-refractivity contribution is 5.93. The summed E-state index contributed by atoms with van der Waals surface area (Å²) in [4.78, 5) is 0. The number of nitrogens with two attached hydrogens (primary N) is 1. The zero-order chi connectivity index (χ0) is 21.5. The minimum Gasteiger partial charge on any atom is -0.496 e. The molecule has 0 saturated carbocycles. The van der Waals surface area contributed by atoms with Gasteiger partial charge in [0.1, 0.15) is 23.2 Å². The molecule has 152 valence electrons. The number of nitrogens with one attached hydrogen (secondary N) is 1. The summed E-state index contributed by atoms with van der Waals surface area (Å²) in [5, 5.41) is 19.0. The van der Waals surface area contributed by atoms with Gasteiger partial charge in [0.2, 0.25) is 11.8 Å². The number of halogens is 1. The molecule has 3 N–H and O–H groups in total. The molecule has 0 bridgehead atoms. The van der Waals surface area contributed by atoms with Crippen LogP contribution >= 0.6 is 0 Å². The number of allylic oxidation sites excluding steroid dienone is 1. The van der Waals surface area contributed by atoms with E-state index in [4.69, 9.17) is 15.2 Å². The molecular weight excluding hydrogens is 395 g/mol. The van der Waals surface area contributed by atoms with Crippen LogP contribution in [0.2, 0.25) is 0 Å². The van der Waals surface area contributed by atoms with Gasteiger partial charge in [-0.15, -0.1) is 5.10 Å². The number of ether oxygens (including phenoxy) is 2. The van der Waals surface area contributed by atoms with Crippen molar-refractivity contribution in [3.8, 4) is 29.0 Å². The Morgan fingerprint density at radius 2 is 1.84 bits per heavy atom. The third-order valence-electron chi connectivity index (χ3n) is 5.52. The van der Waals surface area contributed by atoms with Gasteiger partial charge in [0.05, 0.1) is 24.3 Å². The van der Waals surface area contributed by atoms with Crippen LogP contribution in [-0.4, -0.2) is 17.3 Å². The topological polar surface area (TPSA) is 96.9 Å². The standard InChI is InChI=1S/C24H17FN4O2/c1-30-19-11-10-17(15-4-2-3-5-16(15)19)20-18(12-26)23(27)31-24-21(20)22(28-29-24)13-6-8-14(25)9-7-13/h2-11,20H,27H2,1H3,(H,28,29). The summed E-state index contributed by atoms with van der Waals surface area (Å²) in [6.07, 6.45) is 0. The van der Waals surface area contributed by atoms with Crippen molar-refractivity contribution in [2.75, 3.05) is 7.11 Å². The van der Waals surface area contributed by atoms with E-state index in [-0.39, 0.29) is 17.3 Å². The van der Waals surface area contributed by atoms with Crippen LogP contribution in [0.5, 0.6) is 11.6 Å². The number of rotatable bonds is 3. The van der Waals surface area contributed by atoms with Crippen molar-refractivity contribution >= 4 is 10.8 Å². The van der Waals surface area contributed by atoms with Gasteiger partial charge in [0, 0.05) is 10.9 Å². The van der Waals surface area contributed by atoms with Crippen molar-refractivity contribution in [1.29, 1.82) is 5.26 Å². The molecule has 4 aromatic rings. The maximum atomic E-state index is 13.5. The lowest BCUT2D eigenvalue weighted by Gasteiger charge is -2.25. The summed E-state index contributed by atoms with van der Waals surface area (Å²) >= 11 is 0. The molecule has 2 heterocycles. The van der Waals surface area contributed by atoms with E-state index in [1.54, 1.807) is 19.2 Å². The lowest BCUT2D eigenvalue weighted by Crippen LogP contribution is -2.21. The molecule has 3 aromatic carbocycles. The highest BCUT2D eigenvalue weighted by atomic mass is 19.1. The normalized spacial score (nSPS) is 15.3. The highest BCUT2D eigenvalue weighted by Crippen LogP contribution is 2.48. The molecule has 0 saturated heterocycles. The highest BCUT2D eigenvalue weighted by Gasteiger charge is 2.36. The average Bonchev–Trinajstić information content (AvgIpc) is 3.21. The Morgan fingerprint density at radius 1 is 1.10 bits per heavy atom. The second kappa shape index (κ2) is 7.18. The fourth-order valence-electron chi connectivity index (χ4n) is 4.12. The number of aromatic amines is 1. The second-order valence-electron chi connectivity index (χ2n) is 7.15. The van der Waals surface area contributed by atoms with Crippen LogP contribution < -0.4 is 15.2 Å². The molecular formula is C24H17FN4O2. The Kier molecular flexibility index (Phi) is 4.33. The van der Waals surface area contributed by atoms with Gasteiger partial charge in [-0.3, -0.25) is 5.10 Å². The number of H-pyrrole nitrogens is 1. The summed E-state index contributed by atoms with van der Waals surface area (Å²) in [5.74, 6) is 0.169. The molecule has 1 atom stereocenters. The van der Waals surface area contributed by atoms with Crippen LogP contribution in [0.4, 0.5) is 4.39 Å². The first-order valence-electron chi connectivity index (χ1n) is 9.59. The number of hydrogen-bond donors (Lipinski definition) is 2. The maximum absolute atomic E-state index is 13.5. The largest absolute Gasteiger partial charge is 0.496 e.